The van der Waals surface area contributed by atoms with Crippen LogP contribution in [0.3, 0.4) is 0 Å². The molecule has 1 aromatic carbocycles. The third kappa shape index (κ3) is 4.29. The van der Waals surface area contributed by atoms with Crippen LogP contribution >= 0.6 is 0 Å². The molecule has 0 atom stereocenters. The van der Waals surface area contributed by atoms with Crippen LogP contribution in [0, 0.1) is 17.2 Å². The molecule has 1 N–H and O–H groups in total. The summed E-state index contributed by atoms with van der Waals surface area (Å²) in [4.78, 5) is 13.8. The second kappa shape index (κ2) is 6.98. The van der Waals surface area contributed by atoms with E-state index in [-0.39, 0.29) is 17.2 Å². The van der Waals surface area contributed by atoms with Gasteiger partial charge in [-0.15, -0.1) is 0 Å². The van der Waals surface area contributed by atoms with E-state index in [1.165, 1.54) is 13.8 Å². The van der Waals surface area contributed by atoms with Gasteiger partial charge in [-0.3, -0.25) is 4.79 Å². The number of nitrogens with zero attached hydrogens (tertiary/aromatic N) is 2. The monoisotopic (exact) mass is 255 g/mol. The van der Waals surface area contributed by atoms with E-state index in [1.807, 2.05) is 0 Å². The van der Waals surface area contributed by atoms with Crippen LogP contribution in [0.15, 0.2) is 30.0 Å². The minimum atomic E-state index is -0.112. The molecule has 0 aliphatic carbocycles. The van der Waals surface area contributed by atoms with Gasteiger partial charge in [-0.2, -0.15) is 0 Å². The SMILES string of the molecule is CC(=O)CCC#Cc1ccccc1/C(O)=C(/C)[N+]#N. The van der Waals surface area contributed by atoms with Gasteiger partial charge in [0.05, 0.1) is 0 Å². The van der Waals surface area contributed by atoms with Crippen LogP contribution in [-0.2, 0) is 4.79 Å². The first-order valence-corrected chi connectivity index (χ1v) is 5.89. The van der Waals surface area contributed by atoms with Gasteiger partial charge in [0.2, 0.25) is 11.2 Å². The molecule has 0 aliphatic rings. The Balaban J connectivity index is 3.04. The van der Waals surface area contributed by atoms with Gasteiger partial charge in [0, 0.05) is 30.9 Å². The van der Waals surface area contributed by atoms with Crippen molar-refractivity contribution in [3.8, 4) is 11.8 Å². The molecule has 1 aromatic rings. The first kappa shape index (κ1) is 14.5. The lowest BCUT2D eigenvalue weighted by molar-refractivity contribution is -0.116. The highest BCUT2D eigenvalue weighted by Crippen LogP contribution is 2.20. The van der Waals surface area contributed by atoms with Crippen LogP contribution in [0.4, 0.5) is 0 Å². The molecule has 0 aromatic heterocycles. The fraction of sp³-hybridized carbons (Fsp3) is 0.267. The highest BCUT2D eigenvalue weighted by Gasteiger charge is 2.15. The van der Waals surface area contributed by atoms with Gasteiger partial charge in [0.15, 0.2) is 4.98 Å². The van der Waals surface area contributed by atoms with E-state index in [1.54, 1.807) is 24.3 Å². The van der Waals surface area contributed by atoms with E-state index in [0.29, 0.717) is 24.0 Å². The Morgan fingerprint density at radius 3 is 2.68 bits per heavy atom. The zero-order valence-corrected chi connectivity index (χ0v) is 11.0. The Bertz CT molecular complexity index is 613. The Hall–Kier alpha value is -2.59. The van der Waals surface area contributed by atoms with Gasteiger partial charge in [-0.05, 0) is 19.1 Å². The lowest BCUT2D eigenvalue weighted by atomic mass is 10.0. The number of Topliss-reactive ketones (excluding diaryl/α,β-unsaturated/α-hetero) is 1. The molecule has 0 aliphatic heterocycles. The van der Waals surface area contributed by atoms with E-state index in [4.69, 9.17) is 5.39 Å². The molecule has 19 heavy (non-hydrogen) atoms. The molecule has 96 valence electrons. The lowest BCUT2D eigenvalue weighted by Gasteiger charge is -2.00. The van der Waals surface area contributed by atoms with Crippen LogP contribution in [0.5, 0.6) is 0 Å². The van der Waals surface area contributed by atoms with Crippen molar-refractivity contribution in [3.63, 3.8) is 0 Å². The summed E-state index contributed by atoms with van der Waals surface area (Å²) >= 11 is 0. The molecule has 0 fully saturated rings. The van der Waals surface area contributed by atoms with E-state index in [9.17, 15) is 9.90 Å². The van der Waals surface area contributed by atoms with Crippen LogP contribution in [-0.4, -0.2) is 10.9 Å². The smallest absolute Gasteiger partial charge is 0.400 e. The molecule has 4 heteroatoms. The molecule has 0 saturated heterocycles. The Morgan fingerprint density at radius 2 is 2.05 bits per heavy atom. The molecular weight excluding hydrogens is 240 g/mol. The maximum atomic E-state index is 10.8. The number of hydrogen-bond acceptors (Lipinski definition) is 3. The Labute approximate surface area is 112 Å². The average Bonchev–Trinajstić information content (AvgIpc) is 2.42. The summed E-state index contributed by atoms with van der Waals surface area (Å²) in [6, 6.07) is 7.02. The number of ketones is 1. The maximum absolute atomic E-state index is 10.8. The number of hydrogen-bond donors (Lipinski definition) is 1. The fourth-order valence-corrected chi connectivity index (χ4v) is 1.44. The van der Waals surface area contributed by atoms with Crippen LogP contribution in [0.25, 0.3) is 10.7 Å². The van der Waals surface area contributed by atoms with E-state index in [0.717, 1.165) is 0 Å². The molecule has 0 heterocycles. The van der Waals surface area contributed by atoms with E-state index in [2.05, 4.69) is 16.8 Å². The van der Waals surface area contributed by atoms with E-state index >= 15 is 0 Å². The topological polar surface area (TPSA) is 65.4 Å². The first-order valence-electron chi connectivity index (χ1n) is 5.89. The van der Waals surface area contributed by atoms with Crippen molar-refractivity contribution < 1.29 is 9.90 Å². The number of diazo groups is 1. The summed E-state index contributed by atoms with van der Waals surface area (Å²) in [6.07, 6.45) is 0.902. The molecule has 0 amide bonds. The van der Waals surface area contributed by atoms with Crippen molar-refractivity contribution in [1.82, 2.24) is 0 Å². The minimum Gasteiger partial charge on any atom is -0.501 e. The zero-order valence-electron chi connectivity index (χ0n) is 11.0. The number of carbonyl (C=O) groups excluding carboxylic acids is 1. The molecule has 0 radical (unpaired) electrons. The molecule has 0 unspecified atom stereocenters. The van der Waals surface area contributed by atoms with Gasteiger partial charge in [0.1, 0.15) is 5.78 Å². The van der Waals surface area contributed by atoms with Gasteiger partial charge in [-0.1, -0.05) is 24.0 Å². The summed E-state index contributed by atoms with van der Waals surface area (Å²) in [5.74, 6) is 5.78. The molecule has 4 nitrogen and oxygen atoms in total. The molecular formula is C15H15N2O2+. The van der Waals surface area contributed by atoms with Crippen molar-refractivity contribution in [1.29, 1.82) is 5.39 Å². The number of aliphatic hydroxyl groups excluding tert-OH is 1. The predicted octanol–water partition coefficient (Wildman–Crippen LogP) is 3.51. The normalized spacial score (nSPS) is 10.8. The summed E-state index contributed by atoms with van der Waals surface area (Å²) in [5.41, 5.74) is 1.26. The highest BCUT2D eigenvalue weighted by atomic mass is 16.3. The molecule has 0 saturated carbocycles. The summed E-state index contributed by atoms with van der Waals surface area (Å²) < 4.78 is 0. The van der Waals surface area contributed by atoms with Crippen molar-refractivity contribution >= 4 is 11.5 Å². The van der Waals surface area contributed by atoms with Gasteiger partial charge in [0.25, 0.3) is 0 Å². The average molecular weight is 255 g/mol. The Morgan fingerprint density at radius 1 is 1.37 bits per heavy atom. The third-order valence-electron chi connectivity index (χ3n) is 2.50. The second-order valence-electron chi connectivity index (χ2n) is 4.08. The predicted molar refractivity (Wildman–Crippen MR) is 73.5 cm³/mol. The number of rotatable bonds is 3. The Kier molecular flexibility index (Phi) is 5.32. The van der Waals surface area contributed by atoms with Crippen LogP contribution in [0.1, 0.15) is 37.8 Å². The highest BCUT2D eigenvalue weighted by molar-refractivity contribution is 5.75. The fourth-order valence-electron chi connectivity index (χ4n) is 1.44. The van der Waals surface area contributed by atoms with Crippen molar-refractivity contribution in [2.75, 3.05) is 0 Å². The number of carbonyl (C=O) groups is 1. The second-order valence-corrected chi connectivity index (χ2v) is 4.08. The minimum absolute atomic E-state index is 0.0975. The van der Waals surface area contributed by atoms with Crippen LogP contribution in [0.2, 0.25) is 0 Å². The van der Waals surface area contributed by atoms with Crippen molar-refractivity contribution in [3.05, 3.63) is 46.1 Å². The number of benzene rings is 1. The quantitative estimate of drug-likeness (QED) is 0.510. The maximum Gasteiger partial charge on any atom is 0.400 e. The first-order chi connectivity index (χ1) is 9.06. The lowest BCUT2D eigenvalue weighted by Crippen LogP contribution is -1.91. The van der Waals surface area contributed by atoms with Gasteiger partial charge < -0.3 is 5.11 Å². The number of aliphatic hydroxyl groups is 1. The largest absolute Gasteiger partial charge is 0.501 e. The summed E-state index contributed by atoms with van der Waals surface area (Å²) in [6.45, 7) is 3.02. The summed E-state index contributed by atoms with van der Waals surface area (Å²) in [5, 5.41) is 18.6. The number of allylic oxidation sites excluding steroid dienone is 1. The van der Waals surface area contributed by atoms with Crippen molar-refractivity contribution in [2.45, 2.75) is 26.7 Å². The standard InChI is InChI=1S/C15H14N2O2/c1-11(18)7-3-4-8-13-9-5-6-10-14(13)15(19)12(2)17-16/h5-6,9-10H,3,7H2,1-2H3/p+1/b15-12+. The molecule has 0 spiro atoms. The van der Waals surface area contributed by atoms with Crippen molar-refractivity contribution in [2.24, 2.45) is 0 Å². The van der Waals surface area contributed by atoms with Gasteiger partial charge >= 0.3 is 5.70 Å². The molecule has 0 bridgehead atoms. The zero-order chi connectivity index (χ0) is 14.3. The van der Waals surface area contributed by atoms with Crippen LogP contribution < -0.4 is 0 Å². The molecule has 1 rings (SSSR count). The summed E-state index contributed by atoms with van der Waals surface area (Å²) in [7, 11) is 0. The third-order valence-corrected chi connectivity index (χ3v) is 2.50. The van der Waals surface area contributed by atoms with E-state index < -0.39 is 0 Å². The van der Waals surface area contributed by atoms with Gasteiger partial charge in [-0.25, -0.2) is 0 Å².